The molecule has 0 unspecified atom stereocenters. The number of aliphatic carboxylic acids is 1. The highest BCUT2D eigenvalue weighted by Crippen LogP contribution is 2.05. The quantitative estimate of drug-likeness (QED) is 0.509. The molecule has 0 aliphatic carbocycles. The van der Waals surface area contributed by atoms with Gasteiger partial charge in [0.2, 0.25) is 0 Å². The van der Waals surface area contributed by atoms with Crippen molar-refractivity contribution in [2.75, 3.05) is 0 Å². The van der Waals surface area contributed by atoms with E-state index in [4.69, 9.17) is 16.7 Å². The second kappa shape index (κ2) is 5.30. The summed E-state index contributed by atoms with van der Waals surface area (Å²) in [6.45, 7) is 2.04. The van der Waals surface area contributed by atoms with Gasteiger partial charge in [-0.25, -0.2) is 4.79 Å². The first-order valence-electron chi connectivity index (χ1n) is 3.27. The lowest BCUT2D eigenvalue weighted by Gasteiger charge is -1.89. The number of hydrogen-bond acceptors (Lipinski definition) is 1. The maximum atomic E-state index is 10.1. The molecule has 1 N–H and O–H groups in total. The summed E-state index contributed by atoms with van der Waals surface area (Å²) in [6.07, 6.45) is 4.33. The van der Waals surface area contributed by atoms with E-state index in [9.17, 15) is 4.79 Å². The lowest BCUT2D eigenvalue weighted by atomic mass is 10.2. The molecule has 0 aromatic heterocycles. The molecule has 0 aromatic carbocycles. The molecule has 3 heteroatoms. The summed E-state index contributed by atoms with van der Waals surface area (Å²) in [6, 6.07) is 0. The Morgan fingerprint density at radius 1 is 1.70 bits per heavy atom. The highest BCUT2D eigenvalue weighted by molar-refractivity contribution is 6.40. The lowest BCUT2D eigenvalue weighted by molar-refractivity contribution is -0.131. The first-order valence-corrected chi connectivity index (χ1v) is 3.65. The van der Waals surface area contributed by atoms with Crippen LogP contribution in [0.25, 0.3) is 0 Å². The molecule has 0 aliphatic rings. The third-order valence-corrected chi connectivity index (χ3v) is 1.40. The third kappa shape index (κ3) is 4.39. The topological polar surface area (TPSA) is 37.3 Å². The molecule has 0 spiro atoms. The summed E-state index contributed by atoms with van der Waals surface area (Å²) in [7, 11) is 0. The second-order valence-electron chi connectivity index (χ2n) is 2.00. The fraction of sp³-hybridized carbons (Fsp3) is 0.571. The van der Waals surface area contributed by atoms with Crippen molar-refractivity contribution in [3.8, 4) is 0 Å². The van der Waals surface area contributed by atoms with E-state index < -0.39 is 5.97 Å². The van der Waals surface area contributed by atoms with Gasteiger partial charge in [-0.3, -0.25) is 0 Å². The number of carboxylic acid groups (broad SMARTS) is 1. The number of rotatable bonds is 4. The third-order valence-electron chi connectivity index (χ3n) is 1.09. The normalized spacial score (nSPS) is 11.6. The SMILES string of the molecule is CCCCC=C(Cl)C(=O)O. The van der Waals surface area contributed by atoms with E-state index >= 15 is 0 Å². The van der Waals surface area contributed by atoms with Crippen molar-refractivity contribution in [1.82, 2.24) is 0 Å². The molecule has 0 bridgehead atoms. The molecule has 0 aromatic rings. The first-order chi connectivity index (χ1) is 4.68. The second-order valence-corrected chi connectivity index (χ2v) is 2.41. The number of carbonyl (C=O) groups is 1. The van der Waals surface area contributed by atoms with E-state index in [-0.39, 0.29) is 5.03 Å². The van der Waals surface area contributed by atoms with Crippen LogP contribution in [0.4, 0.5) is 0 Å². The smallest absolute Gasteiger partial charge is 0.346 e. The monoisotopic (exact) mass is 162 g/mol. The molecule has 0 aliphatic heterocycles. The van der Waals surface area contributed by atoms with Crippen molar-refractivity contribution in [3.05, 3.63) is 11.1 Å². The van der Waals surface area contributed by atoms with Crippen molar-refractivity contribution in [2.45, 2.75) is 26.2 Å². The Morgan fingerprint density at radius 2 is 2.30 bits per heavy atom. The van der Waals surface area contributed by atoms with Crippen LogP contribution in [0.5, 0.6) is 0 Å². The van der Waals surface area contributed by atoms with Crippen molar-refractivity contribution in [3.63, 3.8) is 0 Å². The van der Waals surface area contributed by atoms with Gasteiger partial charge in [0.1, 0.15) is 5.03 Å². The summed E-state index contributed by atoms with van der Waals surface area (Å²) < 4.78 is 0. The van der Waals surface area contributed by atoms with Gasteiger partial charge in [0, 0.05) is 0 Å². The van der Waals surface area contributed by atoms with Crippen molar-refractivity contribution in [1.29, 1.82) is 0 Å². The van der Waals surface area contributed by atoms with Crippen LogP contribution in [0, 0.1) is 0 Å². The minimum Gasteiger partial charge on any atom is -0.477 e. The number of unbranched alkanes of at least 4 members (excludes halogenated alkanes) is 2. The number of carboxylic acids is 1. The summed E-state index contributed by atoms with van der Waals surface area (Å²) >= 11 is 5.31. The van der Waals surface area contributed by atoms with Crippen LogP contribution in [-0.2, 0) is 4.79 Å². The molecule has 0 atom stereocenters. The van der Waals surface area contributed by atoms with E-state index in [2.05, 4.69) is 0 Å². The average Bonchev–Trinajstić information content (AvgIpc) is 1.88. The molecule has 2 nitrogen and oxygen atoms in total. The number of hydrogen-bond donors (Lipinski definition) is 1. The van der Waals surface area contributed by atoms with Crippen LogP contribution in [0.15, 0.2) is 11.1 Å². The van der Waals surface area contributed by atoms with E-state index in [1.807, 2.05) is 6.92 Å². The van der Waals surface area contributed by atoms with Crippen molar-refractivity contribution in [2.24, 2.45) is 0 Å². The van der Waals surface area contributed by atoms with Crippen molar-refractivity contribution < 1.29 is 9.90 Å². The van der Waals surface area contributed by atoms with Gasteiger partial charge in [0.05, 0.1) is 0 Å². The molecule has 10 heavy (non-hydrogen) atoms. The van der Waals surface area contributed by atoms with Crippen LogP contribution in [0.3, 0.4) is 0 Å². The Morgan fingerprint density at radius 3 is 2.70 bits per heavy atom. The lowest BCUT2D eigenvalue weighted by Crippen LogP contribution is -1.92. The van der Waals surface area contributed by atoms with Crippen LogP contribution in [0.2, 0.25) is 0 Å². The Balaban J connectivity index is 3.58. The van der Waals surface area contributed by atoms with Gasteiger partial charge in [-0.2, -0.15) is 0 Å². The molecule has 0 radical (unpaired) electrons. The molecule has 58 valence electrons. The Kier molecular flexibility index (Phi) is 5.03. The van der Waals surface area contributed by atoms with E-state index in [0.717, 1.165) is 19.3 Å². The summed E-state index contributed by atoms with van der Waals surface area (Å²) in [4.78, 5) is 10.1. The zero-order chi connectivity index (χ0) is 7.98. The summed E-state index contributed by atoms with van der Waals surface area (Å²) in [5.74, 6) is -1.04. The summed E-state index contributed by atoms with van der Waals surface area (Å²) in [5, 5.41) is 8.21. The molecule has 0 amide bonds. The van der Waals surface area contributed by atoms with Gasteiger partial charge in [-0.05, 0) is 6.42 Å². The van der Waals surface area contributed by atoms with Gasteiger partial charge in [0.15, 0.2) is 0 Å². The molecule has 0 heterocycles. The minimum atomic E-state index is -1.04. The van der Waals surface area contributed by atoms with E-state index in [1.165, 1.54) is 6.08 Å². The highest BCUT2D eigenvalue weighted by atomic mass is 35.5. The number of allylic oxidation sites excluding steroid dienone is 1. The van der Waals surface area contributed by atoms with Gasteiger partial charge >= 0.3 is 5.97 Å². The minimum absolute atomic E-state index is 0.0755. The largest absolute Gasteiger partial charge is 0.477 e. The van der Waals surface area contributed by atoms with Crippen LogP contribution >= 0.6 is 11.6 Å². The molecule has 0 saturated heterocycles. The Bertz CT molecular complexity index is 141. The van der Waals surface area contributed by atoms with Crippen molar-refractivity contribution >= 4 is 17.6 Å². The Hall–Kier alpha value is -0.500. The van der Waals surface area contributed by atoms with Crippen LogP contribution < -0.4 is 0 Å². The average molecular weight is 163 g/mol. The standard InChI is InChI=1S/C7H11ClO2/c1-2-3-4-5-6(8)7(9)10/h5H,2-4H2,1H3,(H,9,10). The van der Waals surface area contributed by atoms with E-state index in [0.29, 0.717) is 0 Å². The van der Waals surface area contributed by atoms with Gasteiger partial charge in [-0.15, -0.1) is 0 Å². The van der Waals surface area contributed by atoms with Crippen LogP contribution in [-0.4, -0.2) is 11.1 Å². The fourth-order valence-corrected chi connectivity index (χ4v) is 0.629. The molecule has 0 rings (SSSR count). The predicted octanol–water partition coefficient (Wildman–Crippen LogP) is 2.38. The van der Waals surface area contributed by atoms with Gasteiger partial charge in [-0.1, -0.05) is 37.4 Å². The maximum Gasteiger partial charge on any atom is 0.346 e. The molecular weight excluding hydrogens is 152 g/mol. The molecule has 0 fully saturated rings. The van der Waals surface area contributed by atoms with Gasteiger partial charge < -0.3 is 5.11 Å². The highest BCUT2D eigenvalue weighted by Gasteiger charge is 1.99. The molecule has 0 saturated carbocycles. The summed E-state index contributed by atoms with van der Waals surface area (Å²) in [5.41, 5.74) is 0. The van der Waals surface area contributed by atoms with E-state index in [1.54, 1.807) is 0 Å². The first kappa shape index (κ1) is 9.50. The molecular formula is C7H11ClO2. The Labute approximate surface area is 65.5 Å². The zero-order valence-corrected chi connectivity index (χ0v) is 6.69. The maximum absolute atomic E-state index is 10.1. The number of halogens is 1. The van der Waals surface area contributed by atoms with Gasteiger partial charge in [0.25, 0.3) is 0 Å². The predicted molar refractivity (Wildman–Crippen MR) is 41.1 cm³/mol. The van der Waals surface area contributed by atoms with Crippen LogP contribution in [0.1, 0.15) is 26.2 Å². The zero-order valence-electron chi connectivity index (χ0n) is 5.93. The fourth-order valence-electron chi connectivity index (χ4n) is 0.520.